The fourth-order valence-corrected chi connectivity index (χ4v) is 1.61. The summed E-state index contributed by atoms with van der Waals surface area (Å²) < 4.78 is 4.73. The van der Waals surface area contributed by atoms with Gasteiger partial charge in [-0.05, 0) is 11.4 Å². The SMILES string of the molecule is NC(=O)c1cc(-c2cccs2)no1. The molecule has 0 aliphatic rings. The van der Waals surface area contributed by atoms with Crippen LogP contribution in [0.2, 0.25) is 0 Å². The first-order chi connectivity index (χ1) is 6.27. The Morgan fingerprint density at radius 2 is 2.46 bits per heavy atom. The number of nitrogens with two attached hydrogens (primary N) is 1. The van der Waals surface area contributed by atoms with Gasteiger partial charge in [-0.15, -0.1) is 11.3 Å². The Labute approximate surface area is 78.0 Å². The van der Waals surface area contributed by atoms with Crippen LogP contribution in [0, 0.1) is 0 Å². The van der Waals surface area contributed by atoms with Gasteiger partial charge in [-0.2, -0.15) is 0 Å². The molecule has 0 atom stereocenters. The van der Waals surface area contributed by atoms with Gasteiger partial charge in [-0.25, -0.2) is 0 Å². The van der Waals surface area contributed by atoms with Crippen LogP contribution in [0.3, 0.4) is 0 Å². The van der Waals surface area contributed by atoms with Crippen molar-refractivity contribution in [3.05, 3.63) is 29.3 Å². The Balaban J connectivity index is 2.39. The average molecular weight is 194 g/mol. The van der Waals surface area contributed by atoms with E-state index in [1.807, 2.05) is 17.5 Å². The molecule has 0 spiro atoms. The van der Waals surface area contributed by atoms with Crippen molar-refractivity contribution in [2.75, 3.05) is 0 Å². The van der Waals surface area contributed by atoms with E-state index in [1.165, 1.54) is 17.4 Å². The molecule has 0 saturated heterocycles. The van der Waals surface area contributed by atoms with Crippen LogP contribution in [0.4, 0.5) is 0 Å². The van der Waals surface area contributed by atoms with Crippen molar-refractivity contribution in [1.29, 1.82) is 0 Å². The second kappa shape index (κ2) is 3.02. The van der Waals surface area contributed by atoms with Gasteiger partial charge in [0.1, 0.15) is 5.69 Å². The second-order valence-corrected chi connectivity index (χ2v) is 3.37. The standard InChI is InChI=1S/C8H6N2O2S/c9-8(11)6-4-5(10-12-6)7-2-1-3-13-7/h1-4H,(H2,9,11). The predicted octanol–water partition coefficient (Wildman–Crippen LogP) is 1.50. The number of amides is 1. The highest BCUT2D eigenvalue weighted by Crippen LogP contribution is 2.23. The van der Waals surface area contributed by atoms with Gasteiger partial charge in [0, 0.05) is 6.07 Å². The summed E-state index contributed by atoms with van der Waals surface area (Å²) >= 11 is 1.53. The highest BCUT2D eigenvalue weighted by Gasteiger charge is 2.10. The molecule has 4 nitrogen and oxygen atoms in total. The van der Waals surface area contributed by atoms with E-state index >= 15 is 0 Å². The van der Waals surface area contributed by atoms with E-state index in [-0.39, 0.29) is 5.76 Å². The minimum atomic E-state index is -0.602. The van der Waals surface area contributed by atoms with Crippen molar-refractivity contribution in [3.63, 3.8) is 0 Å². The van der Waals surface area contributed by atoms with E-state index in [0.717, 1.165) is 4.88 Å². The van der Waals surface area contributed by atoms with E-state index in [4.69, 9.17) is 10.3 Å². The lowest BCUT2D eigenvalue weighted by Crippen LogP contribution is -2.09. The molecule has 2 aromatic rings. The zero-order chi connectivity index (χ0) is 9.26. The quantitative estimate of drug-likeness (QED) is 0.787. The molecule has 1 amide bonds. The van der Waals surface area contributed by atoms with Crippen LogP contribution in [-0.4, -0.2) is 11.1 Å². The molecule has 66 valence electrons. The van der Waals surface area contributed by atoms with Crippen LogP contribution in [0.1, 0.15) is 10.6 Å². The maximum atomic E-state index is 10.7. The number of hydrogen-bond acceptors (Lipinski definition) is 4. The minimum Gasteiger partial charge on any atom is -0.363 e. The summed E-state index contributed by atoms with van der Waals surface area (Å²) in [7, 11) is 0. The number of carbonyl (C=O) groups is 1. The molecular weight excluding hydrogens is 188 g/mol. The Kier molecular flexibility index (Phi) is 1.86. The lowest BCUT2D eigenvalue weighted by Gasteiger charge is -1.82. The molecule has 13 heavy (non-hydrogen) atoms. The fraction of sp³-hybridized carbons (Fsp3) is 0. The van der Waals surface area contributed by atoms with Crippen LogP contribution < -0.4 is 5.73 Å². The van der Waals surface area contributed by atoms with Crippen LogP contribution in [0.25, 0.3) is 10.6 Å². The lowest BCUT2D eigenvalue weighted by molar-refractivity contribution is 0.0965. The average Bonchev–Trinajstić information content (AvgIpc) is 2.75. The molecule has 0 unspecified atom stereocenters. The van der Waals surface area contributed by atoms with Crippen LogP contribution in [-0.2, 0) is 0 Å². The molecule has 2 rings (SSSR count). The van der Waals surface area contributed by atoms with Crippen LogP contribution in [0.5, 0.6) is 0 Å². The van der Waals surface area contributed by atoms with Crippen molar-refractivity contribution in [3.8, 4) is 10.6 Å². The topological polar surface area (TPSA) is 69.1 Å². The van der Waals surface area contributed by atoms with Crippen LogP contribution in [0.15, 0.2) is 28.1 Å². The van der Waals surface area contributed by atoms with Gasteiger partial charge < -0.3 is 10.3 Å². The smallest absolute Gasteiger partial charge is 0.287 e. The van der Waals surface area contributed by atoms with Gasteiger partial charge in [0.15, 0.2) is 0 Å². The van der Waals surface area contributed by atoms with Crippen molar-refractivity contribution < 1.29 is 9.32 Å². The largest absolute Gasteiger partial charge is 0.363 e. The van der Waals surface area contributed by atoms with Crippen molar-refractivity contribution in [2.24, 2.45) is 5.73 Å². The number of nitrogens with zero attached hydrogens (tertiary/aromatic N) is 1. The summed E-state index contributed by atoms with van der Waals surface area (Å²) in [5.41, 5.74) is 5.65. The zero-order valence-corrected chi connectivity index (χ0v) is 7.38. The van der Waals surface area contributed by atoms with Crippen molar-refractivity contribution >= 4 is 17.2 Å². The first kappa shape index (κ1) is 8.00. The third-order valence-corrected chi connectivity index (χ3v) is 2.42. The Morgan fingerprint density at radius 1 is 1.62 bits per heavy atom. The maximum absolute atomic E-state index is 10.7. The summed E-state index contributed by atoms with van der Waals surface area (Å²) in [5, 5.41) is 5.64. The van der Waals surface area contributed by atoms with Gasteiger partial charge >= 0.3 is 0 Å². The zero-order valence-electron chi connectivity index (χ0n) is 6.56. The number of primary amides is 1. The summed E-state index contributed by atoms with van der Waals surface area (Å²) in [6.07, 6.45) is 0. The molecule has 0 aliphatic carbocycles. The normalized spacial score (nSPS) is 10.2. The summed E-state index contributed by atoms with van der Waals surface area (Å²) in [6.45, 7) is 0. The van der Waals surface area contributed by atoms with E-state index in [0.29, 0.717) is 5.69 Å². The van der Waals surface area contributed by atoms with Gasteiger partial charge in [0.05, 0.1) is 4.88 Å². The summed E-state index contributed by atoms with van der Waals surface area (Å²) in [4.78, 5) is 11.6. The Bertz CT molecular complexity index is 419. The second-order valence-electron chi connectivity index (χ2n) is 2.42. The van der Waals surface area contributed by atoms with Gasteiger partial charge in [-0.3, -0.25) is 4.79 Å². The molecule has 2 aromatic heterocycles. The monoisotopic (exact) mass is 194 g/mol. The Hall–Kier alpha value is -1.62. The summed E-state index contributed by atoms with van der Waals surface area (Å²) in [5.74, 6) is -0.515. The first-order valence-electron chi connectivity index (χ1n) is 3.58. The van der Waals surface area contributed by atoms with Gasteiger partial charge in [-0.1, -0.05) is 11.2 Å². The number of thiophene rings is 1. The number of carbonyl (C=O) groups excluding carboxylic acids is 1. The van der Waals surface area contributed by atoms with E-state index < -0.39 is 5.91 Å². The maximum Gasteiger partial charge on any atom is 0.287 e. The van der Waals surface area contributed by atoms with E-state index in [1.54, 1.807) is 0 Å². The highest BCUT2D eigenvalue weighted by atomic mass is 32.1. The van der Waals surface area contributed by atoms with Gasteiger partial charge in [0.25, 0.3) is 5.91 Å². The third-order valence-electron chi connectivity index (χ3n) is 1.53. The molecule has 0 radical (unpaired) electrons. The fourth-order valence-electron chi connectivity index (χ4n) is 0.932. The highest BCUT2D eigenvalue weighted by molar-refractivity contribution is 7.13. The molecule has 5 heteroatoms. The molecule has 2 N–H and O–H groups in total. The molecular formula is C8H6N2O2S. The summed E-state index contributed by atoms with van der Waals surface area (Å²) in [6, 6.07) is 5.33. The number of hydrogen-bond donors (Lipinski definition) is 1. The molecule has 0 fully saturated rings. The van der Waals surface area contributed by atoms with Crippen molar-refractivity contribution in [1.82, 2.24) is 5.16 Å². The van der Waals surface area contributed by atoms with E-state index in [9.17, 15) is 4.79 Å². The molecule has 0 aliphatic heterocycles. The van der Waals surface area contributed by atoms with Crippen molar-refractivity contribution in [2.45, 2.75) is 0 Å². The predicted molar refractivity (Wildman–Crippen MR) is 48.3 cm³/mol. The first-order valence-corrected chi connectivity index (χ1v) is 4.46. The van der Waals surface area contributed by atoms with Crippen LogP contribution >= 0.6 is 11.3 Å². The molecule has 2 heterocycles. The minimum absolute atomic E-state index is 0.0865. The lowest BCUT2D eigenvalue weighted by atomic mass is 10.3. The molecule has 0 aromatic carbocycles. The molecule has 0 saturated carbocycles. The third kappa shape index (κ3) is 1.46. The van der Waals surface area contributed by atoms with E-state index in [2.05, 4.69) is 5.16 Å². The Morgan fingerprint density at radius 3 is 3.00 bits per heavy atom. The number of rotatable bonds is 2. The van der Waals surface area contributed by atoms with Gasteiger partial charge in [0.2, 0.25) is 5.76 Å². The molecule has 0 bridgehead atoms. The number of aromatic nitrogens is 1.